The van der Waals surface area contributed by atoms with Crippen LogP contribution in [-0.2, 0) is 4.74 Å². The van der Waals surface area contributed by atoms with Crippen LogP contribution in [0.25, 0.3) is 10.9 Å². The molecule has 1 fully saturated rings. The largest absolute Gasteiger partial charge is 0.383 e. The Morgan fingerprint density at radius 1 is 1.30 bits per heavy atom. The summed E-state index contributed by atoms with van der Waals surface area (Å²) in [7, 11) is 1.68. The van der Waals surface area contributed by atoms with Gasteiger partial charge in [-0.3, -0.25) is 4.90 Å². The van der Waals surface area contributed by atoms with Gasteiger partial charge >= 0.3 is 0 Å². The Kier molecular flexibility index (Phi) is 6.43. The molecule has 0 saturated carbocycles. The molecule has 0 aliphatic carbocycles. The summed E-state index contributed by atoms with van der Waals surface area (Å²) in [5.74, 6) is 0.899. The van der Waals surface area contributed by atoms with Crippen molar-refractivity contribution in [1.29, 1.82) is 5.26 Å². The van der Waals surface area contributed by atoms with Gasteiger partial charge in [-0.1, -0.05) is 12.1 Å². The van der Waals surface area contributed by atoms with E-state index >= 15 is 0 Å². The summed E-state index contributed by atoms with van der Waals surface area (Å²) in [5.41, 5.74) is 2.94. The summed E-state index contributed by atoms with van der Waals surface area (Å²) in [4.78, 5) is 7.95. The molecule has 1 aromatic carbocycles. The van der Waals surface area contributed by atoms with E-state index in [9.17, 15) is 5.26 Å². The van der Waals surface area contributed by atoms with Crippen molar-refractivity contribution in [2.24, 2.45) is 0 Å². The van der Waals surface area contributed by atoms with Gasteiger partial charge < -0.3 is 15.0 Å². The number of aryl methyl sites for hydroxylation is 1. The Labute approximate surface area is 165 Å². The zero-order chi connectivity index (χ0) is 19.2. The second-order valence-electron chi connectivity index (χ2n) is 6.79. The van der Waals surface area contributed by atoms with Crippen LogP contribution in [0.2, 0.25) is 0 Å². The van der Waals surface area contributed by atoms with E-state index in [4.69, 9.17) is 17.0 Å². The van der Waals surface area contributed by atoms with Gasteiger partial charge in [-0.25, -0.2) is 4.98 Å². The van der Waals surface area contributed by atoms with E-state index < -0.39 is 0 Å². The van der Waals surface area contributed by atoms with Crippen LogP contribution in [0, 0.1) is 18.3 Å². The minimum atomic E-state index is 0.636. The number of fused-ring (bicyclic) bond motifs is 1. The first-order valence-electron chi connectivity index (χ1n) is 9.26. The van der Waals surface area contributed by atoms with Gasteiger partial charge in [0.2, 0.25) is 0 Å². The van der Waals surface area contributed by atoms with Gasteiger partial charge in [0.25, 0.3) is 5.82 Å². The number of pyridine rings is 1. The molecule has 7 heteroatoms. The number of H-pyrrole nitrogens is 1. The molecule has 27 heavy (non-hydrogen) atoms. The molecule has 3 rings (SSSR count). The SMILES string of the molecule is COCCNC(=S)N1CCCN(c2[nH+]c3cc(C)ccc3cc2C#N)CC1. The summed E-state index contributed by atoms with van der Waals surface area (Å²) < 4.78 is 5.06. The highest BCUT2D eigenvalue weighted by molar-refractivity contribution is 7.80. The minimum absolute atomic E-state index is 0.636. The fourth-order valence-corrected chi connectivity index (χ4v) is 3.66. The smallest absolute Gasteiger partial charge is 0.293 e. The van der Waals surface area contributed by atoms with Crippen molar-refractivity contribution in [1.82, 2.24) is 10.2 Å². The Bertz CT molecular complexity index is 863. The number of hydrogen-bond donors (Lipinski definition) is 1. The second kappa shape index (κ2) is 8.98. The monoisotopic (exact) mass is 384 g/mol. The van der Waals surface area contributed by atoms with E-state index in [-0.39, 0.29) is 0 Å². The zero-order valence-electron chi connectivity index (χ0n) is 15.9. The van der Waals surface area contributed by atoms with Crippen molar-refractivity contribution >= 4 is 34.1 Å². The van der Waals surface area contributed by atoms with Crippen LogP contribution in [0.15, 0.2) is 24.3 Å². The Morgan fingerprint density at radius 2 is 2.15 bits per heavy atom. The van der Waals surface area contributed by atoms with Crippen LogP contribution >= 0.6 is 12.2 Å². The molecule has 0 spiro atoms. The molecular weight excluding hydrogens is 358 g/mol. The maximum absolute atomic E-state index is 9.64. The van der Waals surface area contributed by atoms with E-state index in [1.165, 1.54) is 5.56 Å². The number of ether oxygens (including phenoxy) is 1. The molecule has 0 atom stereocenters. The third-order valence-electron chi connectivity index (χ3n) is 4.82. The highest BCUT2D eigenvalue weighted by atomic mass is 32.1. The maximum Gasteiger partial charge on any atom is 0.293 e. The number of aromatic amines is 1. The lowest BCUT2D eigenvalue weighted by molar-refractivity contribution is -0.330. The Morgan fingerprint density at radius 3 is 2.93 bits per heavy atom. The minimum Gasteiger partial charge on any atom is -0.383 e. The van der Waals surface area contributed by atoms with E-state index in [0.717, 1.165) is 54.4 Å². The molecule has 1 saturated heterocycles. The number of hydrogen-bond acceptors (Lipinski definition) is 4. The third-order valence-corrected chi connectivity index (χ3v) is 5.22. The third kappa shape index (κ3) is 4.65. The van der Waals surface area contributed by atoms with Crippen molar-refractivity contribution in [3.05, 3.63) is 35.4 Å². The molecule has 6 nitrogen and oxygen atoms in total. The van der Waals surface area contributed by atoms with Crippen LogP contribution in [0.4, 0.5) is 5.82 Å². The first kappa shape index (κ1) is 19.3. The van der Waals surface area contributed by atoms with Crippen molar-refractivity contribution in [2.75, 3.05) is 51.3 Å². The summed E-state index contributed by atoms with van der Waals surface area (Å²) in [6.07, 6.45) is 0.983. The lowest BCUT2D eigenvalue weighted by Crippen LogP contribution is -2.43. The standard InChI is InChI=1S/C20H25N5OS/c1-15-4-5-16-13-17(14-21)19(23-18(16)12-15)24-7-3-8-25(10-9-24)20(27)22-6-11-26-2/h4-5,12-13H,3,6-11H2,1-2H3,(H,22,27)/p+1. The van der Waals surface area contributed by atoms with E-state index in [2.05, 4.69) is 51.3 Å². The molecule has 0 bridgehead atoms. The van der Waals surface area contributed by atoms with Gasteiger partial charge in [-0.2, -0.15) is 5.26 Å². The molecular formula is C20H26N5OS+. The molecule has 2 aromatic rings. The normalized spacial score (nSPS) is 14.7. The lowest BCUT2D eigenvalue weighted by Gasteiger charge is -2.23. The molecule has 0 unspecified atom stereocenters. The topological polar surface area (TPSA) is 65.7 Å². The van der Waals surface area contributed by atoms with Crippen LogP contribution in [0.5, 0.6) is 0 Å². The number of nitrogens with one attached hydrogen (secondary N) is 2. The van der Waals surface area contributed by atoms with Crippen molar-refractivity contribution in [3.8, 4) is 6.07 Å². The van der Waals surface area contributed by atoms with Crippen molar-refractivity contribution in [2.45, 2.75) is 13.3 Å². The molecule has 0 amide bonds. The van der Waals surface area contributed by atoms with Gasteiger partial charge in [0.05, 0.1) is 19.7 Å². The number of rotatable bonds is 4. The Hall–Kier alpha value is -2.43. The van der Waals surface area contributed by atoms with Crippen LogP contribution in [-0.4, -0.2) is 56.5 Å². The quantitative estimate of drug-likeness (QED) is 0.641. The number of benzene rings is 1. The fraction of sp³-hybridized carbons (Fsp3) is 0.450. The maximum atomic E-state index is 9.64. The van der Waals surface area contributed by atoms with Gasteiger partial charge in [-0.15, -0.1) is 0 Å². The van der Waals surface area contributed by atoms with Crippen molar-refractivity contribution in [3.63, 3.8) is 0 Å². The van der Waals surface area contributed by atoms with Gasteiger partial charge in [0.15, 0.2) is 5.11 Å². The number of anilines is 1. The predicted octanol–water partition coefficient (Wildman–Crippen LogP) is 1.87. The second-order valence-corrected chi connectivity index (χ2v) is 7.17. The molecule has 1 aliphatic rings. The van der Waals surface area contributed by atoms with Gasteiger partial charge in [-0.05, 0) is 36.8 Å². The first-order chi connectivity index (χ1) is 13.1. The molecule has 0 radical (unpaired) electrons. The van der Waals surface area contributed by atoms with E-state index in [1.807, 2.05) is 6.07 Å². The first-order valence-corrected chi connectivity index (χ1v) is 9.66. The highest BCUT2D eigenvalue weighted by Gasteiger charge is 2.25. The van der Waals surface area contributed by atoms with Crippen LogP contribution in [0.3, 0.4) is 0 Å². The van der Waals surface area contributed by atoms with Crippen molar-refractivity contribution < 1.29 is 9.72 Å². The fourth-order valence-electron chi connectivity index (χ4n) is 3.37. The zero-order valence-corrected chi connectivity index (χ0v) is 16.7. The number of nitrogens with zero attached hydrogens (tertiary/aromatic N) is 3. The number of aromatic nitrogens is 1. The van der Waals surface area contributed by atoms with Crippen LogP contribution < -0.4 is 15.2 Å². The number of methoxy groups -OCH3 is 1. The lowest BCUT2D eigenvalue weighted by atomic mass is 10.1. The summed E-state index contributed by atoms with van der Waals surface area (Å²) >= 11 is 5.51. The van der Waals surface area contributed by atoms with E-state index in [1.54, 1.807) is 7.11 Å². The summed E-state index contributed by atoms with van der Waals surface area (Å²) in [6, 6.07) is 10.6. The van der Waals surface area contributed by atoms with E-state index in [0.29, 0.717) is 18.7 Å². The highest BCUT2D eigenvalue weighted by Crippen LogP contribution is 2.21. The van der Waals surface area contributed by atoms with Crippen LogP contribution in [0.1, 0.15) is 17.5 Å². The average Bonchev–Trinajstić information content (AvgIpc) is 2.93. The van der Waals surface area contributed by atoms with Gasteiger partial charge in [0, 0.05) is 32.0 Å². The molecule has 2 N–H and O–H groups in total. The predicted molar refractivity (Wildman–Crippen MR) is 111 cm³/mol. The summed E-state index contributed by atoms with van der Waals surface area (Å²) in [6.45, 7) is 6.86. The average molecular weight is 385 g/mol. The molecule has 1 aromatic heterocycles. The van der Waals surface area contributed by atoms with Gasteiger partial charge in [0.1, 0.15) is 23.7 Å². The molecule has 142 valence electrons. The molecule has 2 heterocycles. The molecule has 1 aliphatic heterocycles. The Balaban J connectivity index is 1.77. The number of thiocarbonyl (C=S) groups is 1. The summed E-state index contributed by atoms with van der Waals surface area (Å²) in [5, 5.41) is 14.7. The number of nitriles is 1.